The SMILES string of the molecule is CCCC[C@]1(CC)CS(=O)(=O)c2ccccc2[C@H](c2ccccc2)C1O. The summed E-state index contributed by atoms with van der Waals surface area (Å²) in [5.41, 5.74) is 1.06. The topological polar surface area (TPSA) is 54.4 Å². The van der Waals surface area contributed by atoms with Gasteiger partial charge in [-0.25, -0.2) is 8.42 Å². The van der Waals surface area contributed by atoms with E-state index in [1.165, 1.54) is 0 Å². The van der Waals surface area contributed by atoms with E-state index in [1.807, 2.05) is 49.4 Å². The first-order chi connectivity index (χ1) is 12.4. The summed E-state index contributed by atoms with van der Waals surface area (Å²) >= 11 is 0. The first kappa shape index (κ1) is 19.1. The summed E-state index contributed by atoms with van der Waals surface area (Å²) in [6, 6.07) is 17.0. The zero-order chi connectivity index (χ0) is 18.8. The van der Waals surface area contributed by atoms with Crippen LogP contribution in [0, 0.1) is 5.41 Å². The standard InChI is InChI=1S/C22H28O3S/c1-3-5-15-22(4-2)16-26(24,25)19-14-10-9-13-18(19)20(21(22)23)17-11-7-6-8-12-17/h6-14,20-21,23H,3-5,15-16H2,1-2H3/t20-,21?,22+/m0/s1. The smallest absolute Gasteiger partial charge is 0.179 e. The van der Waals surface area contributed by atoms with Crippen LogP contribution < -0.4 is 0 Å². The molecule has 0 saturated heterocycles. The zero-order valence-electron chi connectivity index (χ0n) is 15.6. The molecule has 0 saturated carbocycles. The molecule has 1 N–H and O–H groups in total. The van der Waals surface area contributed by atoms with Gasteiger partial charge in [-0.15, -0.1) is 0 Å². The van der Waals surface area contributed by atoms with Crippen LogP contribution >= 0.6 is 0 Å². The molecule has 26 heavy (non-hydrogen) atoms. The summed E-state index contributed by atoms with van der Waals surface area (Å²) < 4.78 is 26.5. The van der Waals surface area contributed by atoms with Crippen LogP contribution in [0.1, 0.15) is 56.6 Å². The van der Waals surface area contributed by atoms with Crippen LogP contribution in [0.4, 0.5) is 0 Å². The van der Waals surface area contributed by atoms with Gasteiger partial charge in [0.15, 0.2) is 9.84 Å². The van der Waals surface area contributed by atoms with Gasteiger partial charge in [-0.2, -0.15) is 0 Å². The molecule has 140 valence electrons. The minimum Gasteiger partial charge on any atom is -0.392 e. The van der Waals surface area contributed by atoms with Gasteiger partial charge in [0.25, 0.3) is 0 Å². The van der Waals surface area contributed by atoms with E-state index in [9.17, 15) is 13.5 Å². The van der Waals surface area contributed by atoms with Crippen LogP contribution in [-0.4, -0.2) is 25.4 Å². The molecule has 1 heterocycles. The Balaban J connectivity index is 2.25. The van der Waals surface area contributed by atoms with Crippen molar-refractivity contribution < 1.29 is 13.5 Å². The van der Waals surface area contributed by atoms with E-state index in [4.69, 9.17) is 0 Å². The van der Waals surface area contributed by atoms with Crippen molar-refractivity contribution in [3.8, 4) is 0 Å². The number of unbranched alkanes of at least 4 members (excludes halogenated alkanes) is 1. The summed E-state index contributed by atoms with van der Waals surface area (Å²) in [6.07, 6.45) is 2.53. The van der Waals surface area contributed by atoms with Crippen molar-refractivity contribution in [2.45, 2.75) is 56.4 Å². The molecule has 2 aromatic rings. The Labute approximate surface area is 157 Å². The van der Waals surface area contributed by atoms with Gasteiger partial charge in [0.1, 0.15) is 0 Å². The maximum atomic E-state index is 13.2. The fraction of sp³-hybridized carbons (Fsp3) is 0.455. The van der Waals surface area contributed by atoms with Crippen LogP contribution in [0.25, 0.3) is 0 Å². The van der Waals surface area contributed by atoms with Crippen molar-refractivity contribution >= 4 is 9.84 Å². The number of hydrogen-bond acceptors (Lipinski definition) is 3. The molecule has 1 aliphatic rings. The average Bonchev–Trinajstić information content (AvgIpc) is 2.73. The van der Waals surface area contributed by atoms with Gasteiger partial charge in [-0.1, -0.05) is 75.2 Å². The Morgan fingerprint density at radius 2 is 1.69 bits per heavy atom. The van der Waals surface area contributed by atoms with Crippen molar-refractivity contribution in [1.29, 1.82) is 0 Å². The number of aliphatic hydroxyl groups is 1. The first-order valence-electron chi connectivity index (χ1n) is 9.50. The molecule has 3 nitrogen and oxygen atoms in total. The lowest BCUT2D eigenvalue weighted by molar-refractivity contribution is 0.0174. The second-order valence-electron chi connectivity index (χ2n) is 7.45. The zero-order valence-corrected chi connectivity index (χ0v) is 16.4. The lowest BCUT2D eigenvalue weighted by Crippen LogP contribution is -2.42. The van der Waals surface area contributed by atoms with Crippen molar-refractivity contribution in [3.63, 3.8) is 0 Å². The summed E-state index contributed by atoms with van der Waals surface area (Å²) in [5.74, 6) is -0.320. The molecule has 0 bridgehead atoms. The van der Waals surface area contributed by atoms with Crippen molar-refractivity contribution in [3.05, 3.63) is 65.7 Å². The molecule has 1 aliphatic heterocycles. The van der Waals surface area contributed by atoms with E-state index in [2.05, 4.69) is 6.92 Å². The van der Waals surface area contributed by atoms with E-state index in [0.29, 0.717) is 11.3 Å². The third-order valence-electron chi connectivity index (χ3n) is 5.90. The Bertz CT molecular complexity index is 845. The van der Waals surface area contributed by atoms with Gasteiger partial charge in [-0.3, -0.25) is 0 Å². The predicted molar refractivity (Wildman–Crippen MR) is 105 cm³/mol. The molecule has 0 aliphatic carbocycles. The van der Waals surface area contributed by atoms with Crippen LogP contribution in [0.5, 0.6) is 0 Å². The number of benzene rings is 2. The Morgan fingerprint density at radius 1 is 1.04 bits per heavy atom. The lowest BCUT2D eigenvalue weighted by Gasteiger charge is -2.39. The first-order valence-corrected chi connectivity index (χ1v) is 11.1. The lowest BCUT2D eigenvalue weighted by atomic mass is 9.69. The highest BCUT2D eigenvalue weighted by Crippen LogP contribution is 2.48. The van der Waals surface area contributed by atoms with Gasteiger partial charge in [-0.05, 0) is 30.0 Å². The van der Waals surface area contributed by atoms with E-state index in [-0.39, 0.29) is 11.7 Å². The van der Waals surface area contributed by atoms with E-state index in [0.717, 1.165) is 30.4 Å². The van der Waals surface area contributed by atoms with E-state index < -0.39 is 21.4 Å². The van der Waals surface area contributed by atoms with Gasteiger partial charge in [0.2, 0.25) is 0 Å². The fourth-order valence-corrected chi connectivity index (χ4v) is 6.62. The molecule has 0 aromatic heterocycles. The summed E-state index contributed by atoms with van der Waals surface area (Å²) in [7, 11) is -3.46. The molecule has 1 unspecified atom stereocenters. The quantitative estimate of drug-likeness (QED) is 0.837. The van der Waals surface area contributed by atoms with Gasteiger partial charge in [0.05, 0.1) is 16.8 Å². The average molecular weight is 373 g/mol. The monoisotopic (exact) mass is 372 g/mol. The van der Waals surface area contributed by atoms with Crippen LogP contribution in [0.3, 0.4) is 0 Å². The highest BCUT2D eigenvalue weighted by molar-refractivity contribution is 7.91. The minimum atomic E-state index is -3.46. The van der Waals surface area contributed by atoms with Crippen LogP contribution in [0.2, 0.25) is 0 Å². The molecule has 3 rings (SSSR count). The third kappa shape index (κ3) is 3.33. The van der Waals surface area contributed by atoms with Crippen molar-refractivity contribution in [2.75, 3.05) is 5.75 Å². The largest absolute Gasteiger partial charge is 0.392 e. The fourth-order valence-electron chi connectivity index (χ4n) is 4.34. The predicted octanol–water partition coefficient (Wildman–Crippen LogP) is 4.55. The van der Waals surface area contributed by atoms with E-state index >= 15 is 0 Å². The molecule has 0 radical (unpaired) electrons. The molecule has 3 atom stereocenters. The molecular formula is C22H28O3S. The van der Waals surface area contributed by atoms with Crippen LogP contribution in [-0.2, 0) is 9.84 Å². The maximum Gasteiger partial charge on any atom is 0.179 e. The van der Waals surface area contributed by atoms with Gasteiger partial charge >= 0.3 is 0 Å². The number of hydrogen-bond donors (Lipinski definition) is 1. The normalized spacial score (nSPS) is 27.5. The summed E-state index contributed by atoms with van der Waals surface area (Å²) in [6.45, 7) is 4.11. The number of sulfone groups is 1. The Kier molecular flexibility index (Phi) is 5.54. The van der Waals surface area contributed by atoms with Gasteiger partial charge in [0, 0.05) is 11.3 Å². The maximum absolute atomic E-state index is 13.2. The third-order valence-corrected chi connectivity index (χ3v) is 7.90. The number of rotatable bonds is 5. The van der Waals surface area contributed by atoms with Crippen molar-refractivity contribution in [1.82, 2.24) is 0 Å². The highest BCUT2D eigenvalue weighted by atomic mass is 32.2. The minimum absolute atomic E-state index is 0.0119. The van der Waals surface area contributed by atoms with Gasteiger partial charge < -0.3 is 5.11 Å². The summed E-state index contributed by atoms with van der Waals surface area (Å²) in [4.78, 5) is 0.375. The molecular weight excluding hydrogens is 344 g/mol. The second kappa shape index (κ2) is 7.53. The van der Waals surface area contributed by atoms with E-state index in [1.54, 1.807) is 12.1 Å². The Hall–Kier alpha value is -1.65. The highest BCUT2D eigenvalue weighted by Gasteiger charge is 2.48. The van der Waals surface area contributed by atoms with Crippen LogP contribution in [0.15, 0.2) is 59.5 Å². The molecule has 4 heteroatoms. The second-order valence-corrected chi connectivity index (χ2v) is 9.41. The molecule has 0 spiro atoms. The molecule has 2 aromatic carbocycles. The molecule has 0 fully saturated rings. The summed E-state index contributed by atoms with van der Waals surface area (Å²) in [5, 5.41) is 11.6. The number of fused-ring (bicyclic) bond motifs is 1. The molecule has 0 amide bonds. The Morgan fingerprint density at radius 3 is 2.35 bits per heavy atom. The van der Waals surface area contributed by atoms with Crippen molar-refractivity contribution in [2.24, 2.45) is 5.41 Å². The number of aliphatic hydroxyl groups excluding tert-OH is 1.